The summed E-state index contributed by atoms with van der Waals surface area (Å²) in [6, 6.07) is 8.14. The first-order valence-electron chi connectivity index (χ1n) is 9.13. The summed E-state index contributed by atoms with van der Waals surface area (Å²) in [6.07, 6.45) is 3.79. The standard InChI is InChI=1S/C19H26N4O3S/c1-3-5-10-23(4-2)13-15-8-6-14(7-9-15)12-20-22-19-21-18(26)16(27-19)11-17(24)25/h6-9,12,16H,3-5,10-11,13H2,1-2H3,(H,24,25)(H,21,22,26). The summed E-state index contributed by atoms with van der Waals surface area (Å²) in [5.41, 5.74) is 2.17. The maximum Gasteiger partial charge on any atom is 0.305 e. The van der Waals surface area contributed by atoms with E-state index in [2.05, 4.69) is 46.4 Å². The van der Waals surface area contributed by atoms with E-state index in [0.29, 0.717) is 5.17 Å². The molecule has 0 radical (unpaired) electrons. The molecular weight excluding hydrogens is 364 g/mol. The van der Waals surface area contributed by atoms with Crippen molar-refractivity contribution < 1.29 is 14.7 Å². The minimum atomic E-state index is -1.01. The number of aliphatic carboxylic acids is 1. The zero-order valence-corrected chi connectivity index (χ0v) is 16.5. The molecule has 1 aromatic carbocycles. The number of hydrogen-bond acceptors (Lipinski definition) is 6. The van der Waals surface area contributed by atoms with Crippen LogP contribution in [-0.4, -0.2) is 51.6 Å². The Kier molecular flexibility index (Phi) is 8.47. The lowest BCUT2D eigenvalue weighted by Crippen LogP contribution is -2.26. The Labute approximate surface area is 163 Å². The number of nitrogens with zero attached hydrogens (tertiary/aromatic N) is 3. The van der Waals surface area contributed by atoms with Crippen molar-refractivity contribution in [1.29, 1.82) is 0 Å². The number of amides is 1. The first-order chi connectivity index (χ1) is 13.0. The summed E-state index contributed by atoms with van der Waals surface area (Å²) in [5.74, 6) is -1.35. The molecule has 0 aromatic heterocycles. The van der Waals surface area contributed by atoms with Crippen molar-refractivity contribution in [1.82, 2.24) is 10.2 Å². The van der Waals surface area contributed by atoms with E-state index in [1.807, 2.05) is 12.1 Å². The van der Waals surface area contributed by atoms with Crippen LogP contribution < -0.4 is 5.32 Å². The molecule has 1 aliphatic rings. The third-order valence-electron chi connectivity index (χ3n) is 4.15. The first kappa shape index (κ1) is 21.1. The fraction of sp³-hybridized carbons (Fsp3) is 0.474. The van der Waals surface area contributed by atoms with E-state index in [-0.39, 0.29) is 12.3 Å². The third kappa shape index (κ3) is 7.15. The molecule has 146 valence electrons. The highest BCUT2D eigenvalue weighted by Crippen LogP contribution is 2.22. The van der Waals surface area contributed by atoms with Gasteiger partial charge >= 0.3 is 5.97 Å². The molecule has 0 spiro atoms. The first-order valence-corrected chi connectivity index (χ1v) is 10.0. The number of carboxylic acid groups (broad SMARTS) is 1. The Hall–Kier alpha value is -2.19. The molecule has 1 heterocycles. The third-order valence-corrected chi connectivity index (χ3v) is 5.23. The zero-order chi connectivity index (χ0) is 19.6. The molecule has 1 saturated heterocycles. The van der Waals surface area contributed by atoms with Gasteiger partial charge in [-0.2, -0.15) is 5.10 Å². The molecule has 1 aliphatic heterocycles. The molecule has 2 rings (SSSR count). The highest BCUT2D eigenvalue weighted by atomic mass is 32.2. The van der Waals surface area contributed by atoms with Crippen LogP contribution in [0.2, 0.25) is 0 Å². The molecule has 27 heavy (non-hydrogen) atoms. The van der Waals surface area contributed by atoms with Crippen molar-refractivity contribution in [3.05, 3.63) is 35.4 Å². The van der Waals surface area contributed by atoms with E-state index < -0.39 is 11.2 Å². The minimum absolute atomic E-state index is 0.228. The maximum absolute atomic E-state index is 11.6. The maximum atomic E-state index is 11.6. The number of unbranched alkanes of at least 4 members (excludes halogenated alkanes) is 1. The largest absolute Gasteiger partial charge is 0.481 e. The van der Waals surface area contributed by atoms with Crippen molar-refractivity contribution in [2.45, 2.75) is 44.9 Å². The van der Waals surface area contributed by atoms with Crippen LogP contribution in [0.4, 0.5) is 0 Å². The Morgan fingerprint density at radius 2 is 2.07 bits per heavy atom. The number of thioether (sulfide) groups is 1. The number of rotatable bonds is 10. The Morgan fingerprint density at radius 3 is 2.70 bits per heavy atom. The van der Waals surface area contributed by atoms with Crippen LogP contribution in [0.25, 0.3) is 0 Å². The monoisotopic (exact) mass is 390 g/mol. The smallest absolute Gasteiger partial charge is 0.305 e. The fourth-order valence-electron chi connectivity index (χ4n) is 2.59. The van der Waals surface area contributed by atoms with E-state index in [1.54, 1.807) is 6.21 Å². The van der Waals surface area contributed by atoms with Crippen LogP contribution in [-0.2, 0) is 16.1 Å². The van der Waals surface area contributed by atoms with Crippen LogP contribution in [0.1, 0.15) is 44.2 Å². The van der Waals surface area contributed by atoms with E-state index >= 15 is 0 Å². The Bertz CT molecular complexity index is 703. The summed E-state index contributed by atoms with van der Waals surface area (Å²) >= 11 is 1.09. The molecule has 0 aliphatic carbocycles. The van der Waals surface area contributed by atoms with Crippen LogP contribution in [0.5, 0.6) is 0 Å². The number of hydrogen-bond donors (Lipinski definition) is 2. The Balaban J connectivity index is 1.89. The SMILES string of the molecule is CCCCN(CC)Cc1ccc(C=NN=C2NC(=O)C(CC(=O)O)S2)cc1. The minimum Gasteiger partial charge on any atom is -0.481 e. The highest BCUT2D eigenvalue weighted by molar-refractivity contribution is 8.15. The number of carboxylic acids is 1. The molecule has 1 atom stereocenters. The van der Waals surface area contributed by atoms with Crippen molar-refractivity contribution >= 4 is 35.0 Å². The van der Waals surface area contributed by atoms with Gasteiger partial charge in [0.15, 0.2) is 5.17 Å². The van der Waals surface area contributed by atoms with Gasteiger partial charge in [-0.25, -0.2) is 0 Å². The normalized spacial score (nSPS) is 18.6. The average molecular weight is 391 g/mol. The molecule has 1 fully saturated rings. The van der Waals surface area contributed by atoms with Gasteiger partial charge in [-0.1, -0.05) is 56.3 Å². The van der Waals surface area contributed by atoms with E-state index in [0.717, 1.165) is 37.0 Å². The molecule has 0 saturated carbocycles. The predicted molar refractivity (Wildman–Crippen MR) is 109 cm³/mol. The number of nitrogens with one attached hydrogen (secondary N) is 1. The quantitative estimate of drug-likeness (QED) is 0.473. The second-order valence-corrected chi connectivity index (χ2v) is 7.50. The lowest BCUT2D eigenvalue weighted by atomic mass is 10.1. The van der Waals surface area contributed by atoms with E-state index in [9.17, 15) is 9.59 Å². The number of carbonyl (C=O) groups excluding carboxylic acids is 1. The molecule has 8 heteroatoms. The summed E-state index contributed by atoms with van der Waals surface area (Å²) in [4.78, 5) is 24.8. The van der Waals surface area contributed by atoms with E-state index in [1.165, 1.54) is 18.4 Å². The van der Waals surface area contributed by atoms with Gasteiger partial charge in [0.05, 0.1) is 12.6 Å². The van der Waals surface area contributed by atoms with Crippen molar-refractivity contribution in [2.24, 2.45) is 10.2 Å². The molecule has 1 unspecified atom stereocenters. The van der Waals surface area contributed by atoms with Crippen LogP contribution in [0.15, 0.2) is 34.5 Å². The highest BCUT2D eigenvalue weighted by Gasteiger charge is 2.32. The Morgan fingerprint density at radius 1 is 1.33 bits per heavy atom. The summed E-state index contributed by atoms with van der Waals surface area (Å²) < 4.78 is 0. The van der Waals surface area contributed by atoms with Crippen LogP contribution in [0, 0.1) is 0 Å². The second kappa shape index (κ2) is 10.8. The zero-order valence-electron chi connectivity index (χ0n) is 15.7. The topological polar surface area (TPSA) is 94.4 Å². The van der Waals surface area contributed by atoms with Gasteiger partial charge in [0, 0.05) is 6.54 Å². The molecule has 1 amide bonds. The fourth-order valence-corrected chi connectivity index (χ4v) is 3.51. The van der Waals surface area contributed by atoms with Gasteiger partial charge in [-0.3, -0.25) is 14.5 Å². The lowest BCUT2D eigenvalue weighted by molar-refractivity contribution is -0.138. The van der Waals surface area contributed by atoms with Crippen molar-refractivity contribution in [2.75, 3.05) is 13.1 Å². The lowest BCUT2D eigenvalue weighted by Gasteiger charge is -2.20. The number of amidine groups is 1. The van der Waals surface area contributed by atoms with Crippen molar-refractivity contribution in [3.63, 3.8) is 0 Å². The summed E-state index contributed by atoms with van der Waals surface area (Å²) in [7, 11) is 0. The number of benzene rings is 1. The predicted octanol–water partition coefficient (Wildman–Crippen LogP) is 2.70. The van der Waals surface area contributed by atoms with Crippen molar-refractivity contribution in [3.8, 4) is 0 Å². The number of carbonyl (C=O) groups is 2. The van der Waals surface area contributed by atoms with Gasteiger partial charge in [-0.05, 0) is 30.6 Å². The van der Waals surface area contributed by atoms with Gasteiger partial charge in [0.1, 0.15) is 5.25 Å². The summed E-state index contributed by atoms with van der Waals surface area (Å²) in [6.45, 7) is 7.46. The molecule has 7 nitrogen and oxygen atoms in total. The van der Waals surface area contributed by atoms with Gasteiger partial charge in [0.25, 0.3) is 0 Å². The second-order valence-electron chi connectivity index (χ2n) is 6.31. The molecule has 1 aromatic rings. The van der Waals surface area contributed by atoms with Crippen LogP contribution >= 0.6 is 11.8 Å². The molecule has 2 N–H and O–H groups in total. The average Bonchev–Trinajstić information content (AvgIpc) is 2.98. The summed E-state index contributed by atoms with van der Waals surface area (Å²) in [5, 5.41) is 18.9. The van der Waals surface area contributed by atoms with E-state index in [4.69, 9.17) is 5.11 Å². The van der Waals surface area contributed by atoms with Gasteiger partial charge < -0.3 is 10.4 Å². The van der Waals surface area contributed by atoms with Gasteiger partial charge in [0.2, 0.25) is 5.91 Å². The van der Waals surface area contributed by atoms with Crippen LogP contribution in [0.3, 0.4) is 0 Å². The molecular formula is C19H26N4O3S. The molecule has 0 bridgehead atoms. The van der Waals surface area contributed by atoms with Gasteiger partial charge in [-0.15, -0.1) is 5.10 Å².